The van der Waals surface area contributed by atoms with E-state index in [4.69, 9.17) is 14.3 Å². The van der Waals surface area contributed by atoms with E-state index in [0.717, 1.165) is 24.1 Å². The van der Waals surface area contributed by atoms with Crippen molar-refractivity contribution in [3.8, 4) is 0 Å². The van der Waals surface area contributed by atoms with Crippen molar-refractivity contribution in [2.75, 3.05) is 32.8 Å². The first-order valence-electron chi connectivity index (χ1n) is 11.3. The lowest BCUT2D eigenvalue weighted by atomic mass is 9.93. The van der Waals surface area contributed by atoms with Gasteiger partial charge in [-0.3, -0.25) is 9.69 Å². The van der Waals surface area contributed by atoms with Crippen LogP contribution in [0.25, 0.3) is 0 Å². The van der Waals surface area contributed by atoms with Gasteiger partial charge in [-0.25, -0.2) is 0 Å². The van der Waals surface area contributed by atoms with Gasteiger partial charge in [0.15, 0.2) is 0 Å². The number of hydrogen-bond donors (Lipinski definition) is 3. The Morgan fingerprint density at radius 1 is 1.18 bits per heavy atom. The minimum atomic E-state index is -1.77. The second-order valence-electron chi connectivity index (χ2n) is 9.47. The van der Waals surface area contributed by atoms with Crippen molar-refractivity contribution in [2.24, 2.45) is 0 Å². The van der Waals surface area contributed by atoms with E-state index in [-0.39, 0.29) is 18.1 Å². The third-order valence-corrected chi connectivity index (χ3v) is 9.04. The molecule has 2 bridgehead atoms. The third-order valence-electron chi connectivity index (χ3n) is 5.93. The highest BCUT2D eigenvalue weighted by Gasteiger charge is 2.52. The Hall–Kier alpha value is -0.410. The van der Waals surface area contributed by atoms with Crippen LogP contribution in [0.15, 0.2) is 12.2 Å². The van der Waals surface area contributed by atoms with Gasteiger partial charge < -0.3 is 34.2 Å². The number of hydroxylamine groups is 1. The topological polar surface area (TPSA) is 135 Å². The number of aliphatic hydroxyl groups is 3. The van der Waals surface area contributed by atoms with Gasteiger partial charge in [-0.15, -0.1) is 11.8 Å². The molecule has 0 aliphatic carbocycles. The van der Waals surface area contributed by atoms with Crippen molar-refractivity contribution in [3.63, 3.8) is 0 Å². The Balaban J connectivity index is 1.87. The van der Waals surface area contributed by atoms with Crippen molar-refractivity contribution in [3.05, 3.63) is 12.2 Å². The molecule has 3 heterocycles. The number of morpholine rings is 1. The molecule has 0 unspecified atom stereocenters. The van der Waals surface area contributed by atoms with Crippen LogP contribution in [0.5, 0.6) is 0 Å². The normalized spacial score (nSPS) is 38.5. The van der Waals surface area contributed by atoms with Gasteiger partial charge in [-0.05, 0) is 33.6 Å². The van der Waals surface area contributed by atoms with Crippen molar-refractivity contribution in [2.45, 2.75) is 79.5 Å². The molecular weight excluding hydrogens is 472 g/mol. The van der Waals surface area contributed by atoms with Crippen LogP contribution >= 0.6 is 11.8 Å². The van der Waals surface area contributed by atoms with E-state index in [2.05, 4.69) is 4.90 Å². The summed E-state index contributed by atoms with van der Waals surface area (Å²) < 4.78 is 25.0. The summed E-state index contributed by atoms with van der Waals surface area (Å²) in [5, 5.41) is 32.1. The molecule has 3 rings (SSSR count). The standard InChI is InChI=1S/C21H36N2O8S2/c1-21(2,3)33(28)23(30-13-24)15-7-5-4-6-14(12-22-8-10-29-11-9-22)32-20-18(27)16(25)17(26)19(15)31-20/h4-5,13-20,25-27H,6-12H2,1-3H3/b5-4-/t14-,15+,16-,17+,18+,19+,20+,33-/m0/s1. The van der Waals surface area contributed by atoms with Gasteiger partial charge in [-0.2, -0.15) is 0 Å². The zero-order chi connectivity index (χ0) is 24.2. The van der Waals surface area contributed by atoms with E-state index in [1.165, 1.54) is 11.8 Å². The van der Waals surface area contributed by atoms with Crippen molar-refractivity contribution in [1.29, 1.82) is 0 Å². The number of fused-ring (bicyclic) bond motifs is 2. The van der Waals surface area contributed by atoms with Crippen LogP contribution in [0, 0.1) is 0 Å². The van der Waals surface area contributed by atoms with Crippen molar-refractivity contribution < 1.29 is 39.0 Å². The molecule has 0 aromatic carbocycles. The summed E-state index contributed by atoms with van der Waals surface area (Å²) in [4.78, 5) is 18.7. The number of aliphatic hydroxyl groups excluding tert-OH is 3. The number of hydrogen-bond acceptors (Lipinski definition) is 11. The Morgan fingerprint density at radius 3 is 2.48 bits per heavy atom. The lowest BCUT2D eigenvalue weighted by Gasteiger charge is -2.46. The molecule has 0 amide bonds. The average molecular weight is 509 g/mol. The Labute approximate surface area is 202 Å². The van der Waals surface area contributed by atoms with Crippen LogP contribution in [0.3, 0.4) is 0 Å². The molecular formula is C21H36N2O8S2. The maximum atomic E-state index is 13.2. The monoisotopic (exact) mass is 508 g/mol. The van der Waals surface area contributed by atoms with Gasteiger partial charge in [0, 0.05) is 24.9 Å². The van der Waals surface area contributed by atoms with Crippen LogP contribution in [0.2, 0.25) is 0 Å². The number of allylic oxidation sites excluding steroid dienone is 1. The largest absolute Gasteiger partial charge is 0.595 e. The van der Waals surface area contributed by atoms with Crippen LogP contribution in [-0.4, -0.2) is 114 Å². The maximum absolute atomic E-state index is 13.2. The number of rotatable bonds is 6. The van der Waals surface area contributed by atoms with E-state index in [0.29, 0.717) is 19.6 Å². The molecule has 2 fully saturated rings. The van der Waals surface area contributed by atoms with Gasteiger partial charge in [0.2, 0.25) is 0 Å². The summed E-state index contributed by atoms with van der Waals surface area (Å²) in [6.07, 6.45) is -0.389. The lowest BCUT2D eigenvalue weighted by molar-refractivity contribution is -0.229. The SMILES string of the molecule is CC(C)(C)[S@+]([O-])N(OC=O)[C@@H]1C/C=C\C[C@@H](CN2CCOCC2)S[C@H]2O[C@H]1[C@H](O)[C@H](O)[C@H]2O. The van der Waals surface area contributed by atoms with E-state index in [1.54, 1.807) is 20.8 Å². The summed E-state index contributed by atoms with van der Waals surface area (Å²) in [6, 6.07) is -0.831. The summed E-state index contributed by atoms with van der Waals surface area (Å²) in [7, 11) is 0. The molecule has 10 nitrogen and oxygen atoms in total. The molecule has 0 aromatic heterocycles. The molecule has 190 valence electrons. The molecule has 2 saturated heterocycles. The third kappa shape index (κ3) is 6.84. The van der Waals surface area contributed by atoms with E-state index in [9.17, 15) is 24.7 Å². The summed E-state index contributed by atoms with van der Waals surface area (Å²) in [5.74, 6) is 0. The first-order valence-corrected chi connectivity index (χ1v) is 13.3. The first kappa shape index (κ1) is 27.2. The van der Waals surface area contributed by atoms with E-state index < -0.39 is 52.0 Å². The molecule has 0 spiro atoms. The van der Waals surface area contributed by atoms with E-state index >= 15 is 0 Å². The smallest absolute Gasteiger partial charge is 0.318 e. The zero-order valence-corrected chi connectivity index (χ0v) is 21.0. The van der Waals surface area contributed by atoms with Crippen LogP contribution in [0.4, 0.5) is 0 Å². The van der Waals surface area contributed by atoms with Crippen LogP contribution in [0.1, 0.15) is 33.6 Å². The lowest BCUT2D eigenvalue weighted by Crippen LogP contribution is -2.64. The first-order chi connectivity index (χ1) is 15.6. The highest BCUT2D eigenvalue weighted by Crippen LogP contribution is 2.37. The molecule has 3 aliphatic rings. The number of nitrogens with zero attached hydrogens (tertiary/aromatic N) is 2. The van der Waals surface area contributed by atoms with Gasteiger partial charge in [0.1, 0.15) is 40.6 Å². The molecule has 3 aliphatic heterocycles. The van der Waals surface area contributed by atoms with Gasteiger partial charge >= 0.3 is 6.47 Å². The van der Waals surface area contributed by atoms with E-state index in [1.807, 2.05) is 12.2 Å². The fourth-order valence-corrected chi connectivity index (χ4v) is 6.63. The van der Waals surface area contributed by atoms with Crippen molar-refractivity contribution >= 4 is 29.6 Å². The summed E-state index contributed by atoms with van der Waals surface area (Å²) in [6.45, 7) is 9.21. The quantitative estimate of drug-likeness (QED) is 0.190. The fourth-order valence-electron chi connectivity index (χ4n) is 4.11. The van der Waals surface area contributed by atoms with Crippen LogP contribution in [-0.2, 0) is 30.5 Å². The Kier molecular flexibility index (Phi) is 9.90. The molecule has 3 N–H and O–H groups in total. The molecule has 33 heavy (non-hydrogen) atoms. The molecule has 0 radical (unpaired) electrons. The van der Waals surface area contributed by atoms with Crippen LogP contribution < -0.4 is 0 Å². The predicted octanol–water partition coefficient (Wildman–Crippen LogP) is -0.201. The predicted molar refractivity (Wildman–Crippen MR) is 124 cm³/mol. The highest BCUT2D eigenvalue weighted by molar-refractivity contribution is 8.00. The number of thioether (sulfide) groups is 1. The zero-order valence-electron chi connectivity index (χ0n) is 19.3. The molecule has 12 heteroatoms. The second kappa shape index (κ2) is 12.0. The molecule has 0 aromatic rings. The number of ether oxygens (including phenoxy) is 2. The highest BCUT2D eigenvalue weighted by atomic mass is 32.2. The fraction of sp³-hybridized carbons (Fsp3) is 0.857. The second-order valence-corrected chi connectivity index (χ2v) is 13.0. The molecule has 8 atom stereocenters. The molecule has 0 saturated carbocycles. The van der Waals surface area contributed by atoms with Gasteiger partial charge in [0.25, 0.3) is 0 Å². The summed E-state index contributed by atoms with van der Waals surface area (Å²) >= 11 is -0.357. The van der Waals surface area contributed by atoms with Gasteiger partial charge in [-0.1, -0.05) is 12.2 Å². The Morgan fingerprint density at radius 2 is 1.85 bits per heavy atom. The minimum Gasteiger partial charge on any atom is -0.595 e. The number of carbonyl (C=O) groups excluding carboxylic acids is 1. The number of carbonyl (C=O) groups is 1. The van der Waals surface area contributed by atoms with Crippen molar-refractivity contribution in [1.82, 2.24) is 9.37 Å². The minimum absolute atomic E-state index is 0.0877. The Bertz CT molecular complexity index is 661. The summed E-state index contributed by atoms with van der Waals surface area (Å²) in [5.41, 5.74) is -0.811. The van der Waals surface area contributed by atoms with Gasteiger partial charge in [0.05, 0.1) is 29.0 Å². The maximum Gasteiger partial charge on any atom is 0.318 e. The average Bonchev–Trinajstić information content (AvgIpc) is 2.78.